The second-order valence-electron chi connectivity index (χ2n) is 5.91. The molecule has 2 heterocycles. The summed E-state index contributed by atoms with van der Waals surface area (Å²) >= 11 is 0. The summed E-state index contributed by atoms with van der Waals surface area (Å²) in [5, 5.41) is 5.40. The van der Waals surface area contributed by atoms with Crippen LogP contribution in [0.3, 0.4) is 0 Å². The largest absolute Gasteiger partial charge is 0.467 e. The van der Waals surface area contributed by atoms with Crippen molar-refractivity contribution in [1.82, 2.24) is 10.2 Å². The Labute approximate surface area is 157 Å². The standard InChI is InChI=1S/C20H21N3O4/c24-19(10-11-21-20(25)22-16-6-2-1-3-7-16)23(14-17-8-4-12-26-17)15-18-9-5-13-27-18/h1-9,12-13H,10-11,14-15H2,(H2,21,22,25). The molecule has 0 bridgehead atoms. The van der Waals surface area contributed by atoms with Crippen molar-refractivity contribution in [3.05, 3.63) is 78.6 Å². The average Bonchev–Trinajstić information content (AvgIpc) is 3.36. The van der Waals surface area contributed by atoms with Gasteiger partial charge < -0.3 is 24.4 Å². The number of benzene rings is 1. The van der Waals surface area contributed by atoms with E-state index in [4.69, 9.17) is 8.83 Å². The van der Waals surface area contributed by atoms with Gasteiger partial charge in [-0.3, -0.25) is 4.79 Å². The number of hydrogen-bond acceptors (Lipinski definition) is 4. The number of hydrogen-bond donors (Lipinski definition) is 2. The summed E-state index contributed by atoms with van der Waals surface area (Å²) in [6.45, 7) is 0.899. The van der Waals surface area contributed by atoms with Crippen LogP contribution in [-0.4, -0.2) is 23.4 Å². The van der Waals surface area contributed by atoms with E-state index < -0.39 is 0 Å². The van der Waals surface area contributed by atoms with Crippen LogP contribution in [0.4, 0.5) is 10.5 Å². The summed E-state index contributed by atoms with van der Waals surface area (Å²) in [5.74, 6) is 1.26. The van der Waals surface area contributed by atoms with Gasteiger partial charge in [0.2, 0.25) is 5.91 Å². The van der Waals surface area contributed by atoms with Crippen LogP contribution in [-0.2, 0) is 17.9 Å². The highest BCUT2D eigenvalue weighted by molar-refractivity contribution is 5.89. The zero-order valence-electron chi connectivity index (χ0n) is 14.8. The number of rotatable bonds is 8. The predicted octanol–water partition coefficient (Wildman–Crippen LogP) is 3.61. The Morgan fingerprint density at radius 2 is 1.48 bits per heavy atom. The molecule has 0 atom stereocenters. The van der Waals surface area contributed by atoms with Crippen molar-refractivity contribution in [3.8, 4) is 0 Å². The molecular weight excluding hydrogens is 346 g/mol. The fourth-order valence-electron chi connectivity index (χ4n) is 2.55. The molecule has 3 aromatic rings. The van der Waals surface area contributed by atoms with Crippen molar-refractivity contribution in [1.29, 1.82) is 0 Å². The fraction of sp³-hybridized carbons (Fsp3) is 0.200. The molecule has 1 aromatic carbocycles. The third-order valence-electron chi connectivity index (χ3n) is 3.86. The quantitative estimate of drug-likeness (QED) is 0.637. The molecule has 0 saturated heterocycles. The van der Waals surface area contributed by atoms with E-state index in [9.17, 15) is 9.59 Å². The lowest BCUT2D eigenvalue weighted by Crippen LogP contribution is -2.35. The first-order valence-corrected chi connectivity index (χ1v) is 8.63. The molecule has 3 amide bonds. The molecule has 0 aliphatic rings. The van der Waals surface area contributed by atoms with E-state index in [2.05, 4.69) is 10.6 Å². The molecular formula is C20H21N3O4. The molecule has 0 aliphatic heterocycles. The summed E-state index contributed by atoms with van der Waals surface area (Å²) in [6, 6.07) is 16.0. The minimum Gasteiger partial charge on any atom is -0.467 e. The fourth-order valence-corrected chi connectivity index (χ4v) is 2.55. The van der Waals surface area contributed by atoms with Gasteiger partial charge in [-0.25, -0.2) is 4.79 Å². The van der Waals surface area contributed by atoms with E-state index in [1.807, 2.05) is 30.3 Å². The van der Waals surface area contributed by atoms with E-state index in [1.54, 1.807) is 41.7 Å². The van der Waals surface area contributed by atoms with Gasteiger partial charge in [0.1, 0.15) is 11.5 Å². The smallest absolute Gasteiger partial charge is 0.319 e. The molecule has 0 unspecified atom stereocenters. The number of urea groups is 1. The van der Waals surface area contributed by atoms with Crippen molar-refractivity contribution in [2.75, 3.05) is 11.9 Å². The molecule has 27 heavy (non-hydrogen) atoms. The minimum atomic E-state index is -0.349. The number of furan rings is 2. The SMILES string of the molecule is O=C(NCCC(=O)N(Cc1ccco1)Cc1ccco1)Nc1ccccc1. The molecule has 2 N–H and O–H groups in total. The van der Waals surface area contributed by atoms with Crippen LogP contribution in [0.2, 0.25) is 0 Å². The highest BCUT2D eigenvalue weighted by atomic mass is 16.3. The third kappa shape index (κ3) is 5.78. The topological polar surface area (TPSA) is 87.7 Å². The van der Waals surface area contributed by atoms with Crippen molar-refractivity contribution in [3.63, 3.8) is 0 Å². The van der Waals surface area contributed by atoms with Crippen LogP contribution in [0.15, 0.2) is 76.0 Å². The van der Waals surface area contributed by atoms with Crippen LogP contribution in [0.1, 0.15) is 17.9 Å². The highest BCUT2D eigenvalue weighted by Crippen LogP contribution is 2.12. The maximum absolute atomic E-state index is 12.6. The highest BCUT2D eigenvalue weighted by Gasteiger charge is 2.17. The van der Waals surface area contributed by atoms with E-state index >= 15 is 0 Å². The number of nitrogens with one attached hydrogen (secondary N) is 2. The van der Waals surface area contributed by atoms with Crippen molar-refractivity contribution in [2.45, 2.75) is 19.5 Å². The van der Waals surface area contributed by atoms with Gasteiger partial charge in [-0.1, -0.05) is 18.2 Å². The lowest BCUT2D eigenvalue weighted by Gasteiger charge is -2.20. The number of carbonyl (C=O) groups excluding carboxylic acids is 2. The molecule has 0 aliphatic carbocycles. The number of nitrogens with zero attached hydrogens (tertiary/aromatic N) is 1. The molecule has 0 fully saturated rings. The van der Waals surface area contributed by atoms with E-state index in [0.717, 1.165) is 0 Å². The van der Waals surface area contributed by atoms with Crippen LogP contribution in [0.5, 0.6) is 0 Å². The Kier molecular flexibility index (Phi) is 6.30. The third-order valence-corrected chi connectivity index (χ3v) is 3.86. The molecule has 3 rings (SSSR count). The molecule has 140 valence electrons. The molecule has 7 nitrogen and oxygen atoms in total. The maximum Gasteiger partial charge on any atom is 0.319 e. The van der Waals surface area contributed by atoms with Gasteiger partial charge in [0.15, 0.2) is 0 Å². The summed E-state index contributed by atoms with van der Waals surface area (Å²) in [6.07, 6.45) is 3.31. The zero-order valence-corrected chi connectivity index (χ0v) is 14.8. The van der Waals surface area contributed by atoms with Crippen LogP contribution in [0, 0.1) is 0 Å². The van der Waals surface area contributed by atoms with Gasteiger partial charge in [-0.05, 0) is 36.4 Å². The monoisotopic (exact) mass is 367 g/mol. The molecule has 0 spiro atoms. The summed E-state index contributed by atoms with van der Waals surface area (Å²) in [4.78, 5) is 26.1. The molecule has 7 heteroatoms. The average molecular weight is 367 g/mol. The second-order valence-corrected chi connectivity index (χ2v) is 5.91. The number of para-hydroxylation sites is 1. The normalized spacial score (nSPS) is 10.4. The first-order chi connectivity index (χ1) is 13.2. The van der Waals surface area contributed by atoms with Crippen LogP contribution < -0.4 is 10.6 Å². The van der Waals surface area contributed by atoms with Gasteiger partial charge in [0.25, 0.3) is 0 Å². The summed E-state index contributed by atoms with van der Waals surface area (Å²) < 4.78 is 10.7. The van der Waals surface area contributed by atoms with Gasteiger partial charge in [-0.15, -0.1) is 0 Å². The Morgan fingerprint density at radius 3 is 2.04 bits per heavy atom. The van der Waals surface area contributed by atoms with Gasteiger partial charge in [0.05, 0.1) is 25.6 Å². The van der Waals surface area contributed by atoms with Crippen molar-refractivity contribution < 1.29 is 18.4 Å². The van der Waals surface area contributed by atoms with E-state index in [-0.39, 0.29) is 24.9 Å². The molecule has 0 saturated carbocycles. The first kappa shape index (κ1) is 18.3. The maximum atomic E-state index is 12.6. The van der Waals surface area contributed by atoms with Gasteiger partial charge in [0, 0.05) is 18.7 Å². The summed E-state index contributed by atoms with van der Waals surface area (Å²) in [5.41, 5.74) is 0.693. The number of anilines is 1. The molecule has 0 radical (unpaired) electrons. The Hall–Kier alpha value is -3.48. The minimum absolute atomic E-state index is 0.109. The Morgan fingerprint density at radius 1 is 0.852 bits per heavy atom. The van der Waals surface area contributed by atoms with Crippen LogP contribution in [0.25, 0.3) is 0 Å². The van der Waals surface area contributed by atoms with Crippen LogP contribution >= 0.6 is 0 Å². The Bertz CT molecular complexity index is 793. The zero-order chi connectivity index (χ0) is 18.9. The van der Waals surface area contributed by atoms with E-state index in [1.165, 1.54) is 0 Å². The predicted molar refractivity (Wildman–Crippen MR) is 99.8 cm³/mol. The van der Waals surface area contributed by atoms with Crippen molar-refractivity contribution in [2.24, 2.45) is 0 Å². The van der Waals surface area contributed by atoms with Gasteiger partial charge >= 0.3 is 6.03 Å². The van der Waals surface area contributed by atoms with Crippen molar-refractivity contribution >= 4 is 17.6 Å². The lowest BCUT2D eigenvalue weighted by atomic mass is 10.3. The number of carbonyl (C=O) groups is 2. The number of amides is 3. The lowest BCUT2D eigenvalue weighted by molar-refractivity contribution is -0.132. The first-order valence-electron chi connectivity index (χ1n) is 8.63. The van der Waals surface area contributed by atoms with E-state index in [0.29, 0.717) is 30.3 Å². The second kappa shape index (κ2) is 9.28. The molecule has 2 aromatic heterocycles. The van der Waals surface area contributed by atoms with Gasteiger partial charge in [-0.2, -0.15) is 0 Å². The Balaban J connectivity index is 1.50. The summed E-state index contributed by atoms with van der Waals surface area (Å²) in [7, 11) is 0.